The topological polar surface area (TPSA) is 30.7 Å². The fourth-order valence-electron chi connectivity index (χ4n) is 1.82. The summed E-state index contributed by atoms with van der Waals surface area (Å²) >= 11 is 11.8. The molecule has 0 saturated heterocycles. The fraction of sp³-hybridized carbons (Fsp3) is 0.0769. The minimum Gasteiger partial charge on any atom is -0.311 e. The third kappa shape index (κ3) is 2.19. The van der Waals surface area contributed by atoms with Crippen molar-refractivity contribution in [1.29, 1.82) is 0 Å². The Labute approximate surface area is 114 Å². The second-order valence-electron chi connectivity index (χ2n) is 3.98. The van der Waals surface area contributed by atoms with Crippen molar-refractivity contribution in [2.24, 2.45) is 0 Å². The van der Waals surface area contributed by atoms with Gasteiger partial charge in [0.2, 0.25) is 0 Å². The maximum absolute atomic E-state index is 5.90. The first-order valence-electron chi connectivity index (χ1n) is 5.44. The highest BCUT2D eigenvalue weighted by Crippen LogP contribution is 2.16. The molecular formula is C13H9Cl2N3. The molecule has 2 aromatic heterocycles. The molecule has 0 unspecified atom stereocenters. The summed E-state index contributed by atoms with van der Waals surface area (Å²) in [6.07, 6.45) is 1.77. The number of aromatic nitrogens is 3. The molecule has 0 atom stereocenters. The molecule has 0 bridgehead atoms. The summed E-state index contributed by atoms with van der Waals surface area (Å²) in [5.74, 6) is 0. The molecule has 0 aliphatic carbocycles. The molecule has 0 spiro atoms. The summed E-state index contributed by atoms with van der Waals surface area (Å²) in [6.45, 7) is 0.695. The molecule has 2 heterocycles. The van der Waals surface area contributed by atoms with Crippen LogP contribution in [0.25, 0.3) is 11.2 Å². The summed E-state index contributed by atoms with van der Waals surface area (Å²) in [6, 6.07) is 11.3. The molecule has 0 radical (unpaired) electrons. The quantitative estimate of drug-likeness (QED) is 0.668. The molecule has 0 N–H and O–H groups in total. The number of fused-ring (bicyclic) bond motifs is 1. The van der Waals surface area contributed by atoms with Gasteiger partial charge in [0, 0.05) is 5.02 Å². The highest BCUT2D eigenvalue weighted by Gasteiger charge is 2.05. The first-order chi connectivity index (χ1) is 8.72. The molecule has 5 heteroatoms. The third-order valence-corrected chi connectivity index (χ3v) is 3.16. The van der Waals surface area contributed by atoms with Gasteiger partial charge in [0.15, 0.2) is 5.65 Å². The van der Waals surface area contributed by atoms with Crippen LogP contribution in [0.2, 0.25) is 10.2 Å². The van der Waals surface area contributed by atoms with Crippen LogP contribution in [0.4, 0.5) is 0 Å². The molecule has 0 saturated carbocycles. The lowest BCUT2D eigenvalue weighted by atomic mass is 10.2. The van der Waals surface area contributed by atoms with E-state index in [4.69, 9.17) is 23.2 Å². The van der Waals surface area contributed by atoms with Crippen LogP contribution in [0.5, 0.6) is 0 Å². The standard InChI is InChI=1S/C13H9Cl2N3/c14-10-3-1-9(2-4-10)7-18-8-16-11-5-6-12(15)17-13(11)18/h1-6,8H,7H2. The number of halogens is 2. The van der Waals surface area contributed by atoms with E-state index in [0.717, 1.165) is 21.7 Å². The van der Waals surface area contributed by atoms with Gasteiger partial charge in [-0.2, -0.15) is 0 Å². The normalized spacial score (nSPS) is 11.0. The smallest absolute Gasteiger partial charge is 0.161 e. The van der Waals surface area contributed by atoms with Crippen molar-refractivity contribution < 1.29 is 0 Å². The van der Waals surface area contributed by atoms with Crippen molar-refractivity contribution in [2.45, 2.75) is 6.54 Å². The number of imidazole rings is 1. The van der Waals surface area contributed by atoms with Crippen molar-refractivity contribution >= 4 is 34.4 Å². The predicted octanol–water partition coefficient (Wildman–Crippen LogP) is 3.79. The van der Waals surface area contributed by atoms with E-state index in [0.29, 0.717) is 11.7 Å². The molecule has 3 rings (SSSR count). The van der Waals surface area contributed by atoms with Gasteiger partial charge < -0.3 is 4.57 Å². The van der Waals surface area contributed by atoms with Gasteiger partial charge in [0.25, 0.3) is 0 Å². The number of nitrogens with zero attached hydrogens (tertiary/aromatic N) is 3. The Morgan fingerprint density at radius 2 is 1.78 bits per heavy atom. The van der Waals surface area contributed by atoms with Crippen LogP contribution in [-0.4, -0.2) is 14.5 Å². The van der Waals surface area contributed by atoms with E-state index < -0.39 is 0 Å². The molecule has 3 aromatic rings. The minimum atomic E-state index is 0.473. The van der Waals surface area contributed by atoms with Crippen molar-refractivity contribution in [1.82, 2.24) is 14.5 Å². The van der Waals surface area contributed by atoms with E-state index in [1.165, 1.54) is 0 Å². The average molecular weight is 278 g/mol. The van der Waals surface area contributed by atoms with Crippen LogP contribution in [0.15, 0.2) is 42.7 Å². The molecule has 0 fully saturated rings. The van der Waals surface area contributed by atoms with Crippen LogP contribution >= 0.6 is 23.2 Å². The van der Waals surface area contributed by atoms with Crippen molar-refractivity contribution in [3.8, 4) is 0 Å². The highest BCUT2D eigenvalue weighted by molar-refractivity contribution is 6.30. The van der Waals surface area contributed by atoms with E-state index in [-0.39, 0.29) is 0 Å². The highest BCUT2D eigenvalue weighted by atomic mass is 35.5. The average Bonchev–Trinajstić information content (AvgIpc) is 2.75. The van der Waals surface area contributed by atoms with Crippen molar-refractivity contribution in [2.75, 3.05) is 0 Å². The summed E-state index contributed by atoms with van der Waals surface area (Å²) in [5.41, 5.74) is 2.77. The Morgan fingerprint density at radius 1 is 1.00 bits per heavy atom. The maximum Gasteiger partial charge on any atom is 0.161 e. The van der Waals surface area contributed by atoms with Crippen LogP contribution in [0.3, 0.4) is 0 Å². The molecule has 3 nitrogen and oxygen atoms in total. The summed E-state index contributed by atoms with van der Waals surface area (Å²) in [4.78, 5) is 8.58. The van der Waals surface area contributed by atoms with Crippen LogP contribution < -0.4 is 0 Å². The molecule has 1 aromatic carbocycles. The molecule has 18 heavy (non-hydrogen) atoms. The summed E-state index contributed by atoms with van der Waals surface area (Å²) in [7, 11) is 0. The predicted molar refractivity (Wildman–Crippen MR) is 73.1 cm³/mol. The fourth-order valence-corrected chi connectivity index (χ4v) is 2.09. The van der Waals surface area contributed by atoms with Crippen molar-refractivity contribution in [3.05, 3.63) is 58.5 Å². The summed E-state index contributed by atoms with van der Waals surface area (Å²) in [5, 5.41) is 1.20. The first-order valence-corrected chi connectivity index (χ1v) is 6.20. The molecule has 0 aliphatic rings. The van der Waals surface area contributed by atoms with E-state index in [9.17, 15) is 0 Å². The zero-order chi connectivity index (χ0) is 12.5. The van der Waals surface area contributed by atoms with Gasteiger partial charge in [0.05, 0.1) is 12.9 Å². The number of rotatable bonds is 2. The molecular weight excluding hydrogens is 269 g/mol. The Bertz CT molecular complexity index is 689. The lowest BCUT2D eigenvalue weighted by molar-refractivity contribution is 0.814. The second kappa shape index (κ2) is 4.59. The Balaban J connectivity index is 1.99. The van der Waals surface area contributed by atoms with Gasteiger partial charge in [0.1, 0.15) is 10.7 Å². The zero-order valence-corrected chi connectivity index (χ0v) is 10.9. The van der Waals surface area contributed by atoms with E-state index >= 15 is 0 Å². The van der Waals surface area contributed by atoms with Crippen molar-refractivity contribution in [3.63, 3.8) is 0 Å². The van der Waals surface area contributed by atoms with E-state index in [1.807, 2.05) is 34.9 Å². The van der Waals surface area contributed by atoms with Gasteiger partial charge >= 0.3 is 0 Å². The Morgan fingerprint density at radius 3 is 2.56 bits per heavy atom. The van der Waals surface area contributed by atoms with E-state index in [1.54, 1.807) is 12.4 Å². The van der Waals surface area contributed by atoms with Gasteiger partial charge in [-0.1, -0.05) is 35.3 Å². The largest absolute Gasteiger partial charge is 0.311 e. The second-order valence-corrected chi connectivity index (χ2v) is 4.80. The first kappa shape index (κ1) is 11.5. The Kier molecular flexibility index (Phi) is 2.94. The van der Waals surface area contributed by atoms with Gasteiger partial charge in [-0.05, 0) is 29.8 Å². The lowest BCUT2D eigenvalue weighted by Crippen LogP contribution is -1.99. The van der Waals surface area contributed by atoms with Gasteiger partial charge in [-0.3, -0.25) is 0 Å². The third-order valence-electron chi connectivity index (χ3n) is 2.69. The molecule has 0 aliphatic heterocycles. The zero-order valence-electron chi connectivity index (χ0n) is 9.35. The number of benzene rings is 1. The number of hydrogen-bond donors (Lipinski definition) is 0. The van der Waals surface area contributed by atoms with Crippen LogP contribution in [0, 0.1) is 0 Å². The minimum absolute atomic E-state index is 0.473. The monoisotopic (exact) mass is 277 g/mol. The SMILES string of the molecule is Clc1ccc(Cn2cnc3ccc(Cl)nc32)cc1. The van der Waals surface area contributed by atoms with Crippen LogP contribution in [-0.2, 0) is 6.54 Å². The van der Waals surface area contributed by atoms with Crippen LogP contribution in [0.1, 0.15) is 5.56 Å². The van der Waals surface area contributed by atoms with Gasteiger partial charge in [-0.25, -0.2) is 9.97 Å². The lowest BCUT2D eigenvalue weighted by Gasteiger charge is -2.04. The van der Waals surface area contributed by atoms with Gasteiger partial charge in [-0.15, -0.1) is 0 Å². The Hall–Kier alpha value is -1.58. The maximum atomic E-state index is 5.90. The molecule has 90 valence electrons. The summed E-state index contributed by atoms with van der Waals surface area (Å²) < 4.78 is 1.96. The number of pyridine rings is 1. The molecule has 0 amide bonds. The number of hydrogen-bond acceptors (Lipinski definition) is 2. The van der Waals surface area contributed by atoms with E-state index in [2.05, 4.69) is 9.97 Å².